The number of nitrogens with one attached hydrogen (secondary N) is 1. The van der Waals surface area contributed by atoms with Gasteiger partial charge in [-0.2, -0.15) is 11.8 Å². The van der Waals surface area contributed by atoms with E-state index in [1.807, 2.05) is 25.6 Å². The van der Waals surface area contributed by atoms with Crippen LogP contribution in [0.4, 0.5) is 0 Å². The molecule has 0 aromatic heterocycles. The number of hydrogen-bond acceptors (Lipinski definition) is 4. The van der Waals surface area contributed by atoms with Crippen LogP contribution in [-0.4, -0.2) is 42.1 Å². The Bertz CT molecular complexity index is 191. The van der Waals surface area contributed by atoms with Gasteiger partial charge in [0.2, 0.25) is 0 Å². The molecule has 1 rings (SSSR count). The zero-order chi connectivity index (χ0) is 12.4. The van der Waals surface area contributed by atoms with E-state index in [2.05, 4.69) is 5.32 Å². The summed E-state index contributed by atoms with van der Waals surface area (Å²) in [5, 5.41) is 11.8. The third-order valence-corrected chi connectivity index (χ3v) is 3.93. The maximum atomic E-state index is 11.6. The minimum atomic E-state index is -0.152. The van der Waals surface area contributed by atoms with Crippen molar-refractivity contribution >= 4 is 17.5 Å². The summed E-state index contributed by atoms with van der Waals surface area (Å²) >= 11 is 1.92. The summed E-state index contributed by atoms with van der Waals surface area (Å²) in [4.78, 5) is 11.6. The van der Waals surface area contributed by atoms with E-state index in [0.717, 1.165) is 30.9 Å². The number of thioether (sulfide) groups is 1. The Labute approximate surface area is 103 Å². The van der Waals surface area contributed by atoms with Crippen molar-refractivity contribution in [3.8, 4) is 0 Å². The van der Waals surface area contributed by atoms with Gasteiger partial charge in [0.1, 0.15) is 5.78 Å². The molecule has 0 amide bonds. The molecular weight excluding hydrogens is 222 g/mol. The summed E-state index contributed by atoms with van der Waals surface area (Å²) in [5.41, 5.74) is -0.152. The van der Waals surface area contributed by atoms with Gasteiger partial charge in [-0.25, -0.2) is 0 Å². The predicted octanol–water partition coefficient (Wildman–Crippen LogP) is 1.70. The van der Waals surface area contributed by atoms with Crippen molar-refractivity contribution in [2.45, 2.75) is 33.6 Å². The van der Waals surface area contributed by atoms with Crippen molar-refractivity contribution in [2.75, 3.05) is 31.2 Å². The van der Waals surface area contributed by atoms with Gasteiger partial charge in [0.25, 0.3) is 0 Å². The minimum absolute atomic E-state index is 0.142. The number of Topliss-reactive ketones (excluding diaryl/α,β-unsaturated/α-hetero) is 1. The molecule has 0 unspecified atom stereocenters. The van der Waals surface area contributed by atoms with Gasteiger partial charge < -0.3 is 10.4 Å². The normalized spacial score (nSPS) is 18.5. The minimum Gasteiger partial charge on any atom is -0.395 e. The van der Waals surface area contributed by atoms with E-state index < -0.39 is 0 Å². The summed E-state index contributed by atoms with van der Waals surface area (Å²) in [6, 6.07) is 0. The van der Waals surface area contributed by atoms with Crippen molar-refractivity contribution < 1.29 is 9.90 Å². The van der Waals surface area contributed by atoms with Crippen LogP contribution in [0.3, 0.4) is 0 Å². The number of rotatable bonds is 5. The molecule has 0 spiro atoms. The van der Waals surface area contributed by atoms with Crippen LogP contribution in [0, 0.1) is 5.41 Å². The molecule has 0 atom stereocenters. The number of hydrogen-bond donors (Lipinski definition) is 2. The third kappa shape index (κ3) is 4.85. The number of carbonyl (C=O) groups excluding carboxylic acids is 1. The van der Waals surface area contributed by atoms with Gasteiger partial charge in [0.05, 0.1) is 6.61 Å². The highest BCUT2D eigenvalue weighted by atomic mass is 32.2. The van der Waals surface area contributed by atoms with Crippen LogP contribution in [0.1, 0.15) is 33.6 Å². The van der Waals surface area contributed by atoms with E-state index in [9.17, 15) is 4.79 Å². The van der Waals surface area contributed by atoms with Crippen LogP contribution in [0.2, 0.25) is 0 Å². The first-order valence-corrected chi connectivity index (χ1v) is 7.27. The smallest absolute Gasteiger partial charge is 0.137 e. The van der Waals surface area contributed by atoms with Crippen molar-refractivity contribution in [1.82, 2.24) is 5.32 Å². The van der Waals surface area contributed by atoms with Gasteiger partial charge in [0, 0.05) is 18.5 Å². The lowest BCUT2D eigenvalue weighted by atomic mass is 9.78. The molecule has 4 heteroatoms. The van der Waals surface area contributed by atoms with E-state index >= 15 is 0 Å². The Morgan fingerprint density at radius 1 is 1.38 bits per heavy atom. The Kier molecular flexibility index (Phi) is 8.99. The standard InChI is InChI=1S/C10H19NO2S.C2H6/c1-9(13)10(8-11-4-5-12)2-6-14-7-3-10;1-2/h11-12H,2-8H2,1H3;1-2H3. The highest BCUT2D eigenvalue weighted by Gasteiger charge is 2.36. The molecule has 16 heavy (non-hydrogen) atoms. The van der Waals surface area contributed by atoms with E-state index in [0.29, 0.717) is 12.3 Å². The molecular formula is C12H25NO2S. The second-order valence-electron chi connectivity index (χ2n) is 3.85. The maximum Gasteiger partial charge on any atom is 0.137 e. The topological polar surface area (TPSA) is 49.3 Å². The molecule has 0 bridgehead atoms. The molecule has 1 aliphatic rings. The highest BCUT2D eigenvalue weighted by Crippen LogP contribution is 2.35. The summed E-state index contributed by atoms with van der Waals surface area (Å²) in [6.07, 6.45) is 1.96. The number of aliphatic hydroxyl groups excluding tert-OH is 1. The fourth-order valence-corrected chi connectivity index (χ4v) is 3.10. The maximum absolute atomic E-state index is 11.6. The van der Waals surface area contributed by atoms with Crippen LogP contribution < -0.4 is 5.32 Å². The summed E-state index contributed by atoms with van der Waals surface area (Å²) in [6.45, 7) is 7.14. The molecule has 96 valence electrons. The van der Waals surface area contributed by atoms with Gasteiger partial charge in [-0.05, 0) is 31.3 Å². The number of ketones is 1. The van der Waals surface area contributed by atoms with Gasteiger partial charge in [-0.15, -0.1) is 0 Å². The molecule has 1 saturated heterocycles. The molecule has 0 radical (unpaired) electrons. The average molecular weight is 247 g/mol. The third-order valence-electron chi connectivity index (χ3n) is 2.95. The summed E-state index contributed by atoms with van der Waals surface area (Å²) in [5.74, 6) is 2.46. The van der Waals surface area contributed by atoms with E-state index in [-0.39, 0.29) is 12.0 Å². The molecule has 2 N–H and O–H groups in total. The molecule has 1 aliphatic heterocycles. The first-order chi connectivity index (χ1) is 7.71. The fourth-order valence-electron chi connectivity index (χ4n) is 1.82. The predicted molar refractivity (Wildman–Crippen MR) is 71.0 cm³/mol. The zero-order valence-corrected chi connectivity index (χ0v) is 11.5. The quantitative estimate of drug-likeness (QED) is 0.726. The lowest BCUT2D eigenvalue weighted by Gasteiger charge is -2.34. The lowest BCUT2D eigenvalue weighted by molar-refractivity contribution is -0.126. The molecule has 3 nitrogen and oxygen atoms in total. The zero-order valence-electron chi connectivity index (χ0n) is 10.7. The van der Waals surface area contributed by atoms with Crippen molar-refractivity contribution in [1.29, 1.82) is 0 Å². The SMILES string of the molecule is CC.CC(=O)C1(CNCCO)CCSCC1. The van der Waals surface area contributed by atoms with Gasteiger partial charge >= 0.3 is 0 Å². The summed E-state index contributed by atoms with van der Waals surface area (Å²) < 4.78 is 0. The van der Waals surface area contributed by atoms with Crippen LogP contribution in [-0.2, 0) is 4.79 Å². The van der Waals surface area contributed by atoms with E-state index in [1.165, 1.54) is 0 Å². The summed E-state index contributed by atoms with van der Waals surface area (Å²) in [7, 11) is 0. The van der Waals surface area contributed by atoms with Crippen LogP contribution in [0.25, 0.3) is 0 Å². The highest BCUT2D eigenvalue weighted by molar-refractivity contribution is 7.99. The molecule has 1 heterocycles. The Balaban J connectivity index is 0.00000106. The second-order valence-corrected chi connectivity index (χ2v) is 5.07. The second kappa shape index (κ2) is 9.02. The van der Waals surface area contributed by atoms with Crippen molar-refractivity contribution in [2.24, 2.45) is 5.41 Å². The Morgan fingerprint density at radius 2 is 1.94 bits per heavy atom. The van der Waals surface area contributed by atoms with Crippen molar-refractivity contribution in [3.05, 3.63) is 0 Å². The van der Waals surface area contributed by atoms with Crippen LogP contribution >= 0.6 is 11.8 Å². The van der Waals surface area contributed by atoms with Crippen LogP contribution in [0.15, 0.2) is 0 Å². The number of carbonyl (C=O) groups is 1. The lowest BCUT2D eigenvalue weighted by Crippen LogP contribution is -2.43. The number of aliphatic hydroxyl groups is 1. The van der Waals surface area contributed by atoms with Crippen molar-refractivity contribution in [3.63, 3.8) is 0 Å². The Hall–Kier alpha value is -0.0600. The molecule has 0 aromatic rings. The van der Waals surface area contributed by atoms with E-state index in [1.54, 1.807) is 6.92 Å². The Morgan fingerprint density at radius 3 is 2.38 bits per heavy atom. The largest absolute Gasteiger partial charge is 0.395 e. The monoisotopic (exact) mass is 247 g/mol. The van der Waals surface area contributed by atoms with Gasteiger partial charge in [-0.3, -0.25) is 4.79 Å². The molecule has 1 fully saturated rings. The van der Waals surface area contributed by atoms with Gasteiger partial charge in [0.15, 0.2) is 0 Å². The van der Waals surface area contributed by atoms with E-state index in [4.69, 9.17) is 5.11 Å². The molecule has 0 aliphatic carbocycles. The first kappa shape index (κ1) is 15.9. The molecule has 0 saturated carbocycles. The first-order valence-electron chi connectivity index (χ1n) is 6.12. The average Bonchev–Trinajstić information content (AvgIpc) is 2.33. The van der Waals surface area contributed by atoms with Gasteiger partial charge in [-0.1, -0.05) is 13.8 Å². The molecule has 0 aromatic carbocycles. The van der Waals surface area contributed by atoms with Crippen LogP contribution in [0.5, 0.6) is 0 Å². The fraction of sp³-hybridized carbons (Fsp3) is 0.917.